The summed E-state index contributed by atoms with van der Waals surface area (Å²) in [5, 5.41) is 0. The van der Waals surface area contributed by atoms with Gasteiger partial charge in [0.15, 0.2) is 0 Å². The molecular weight excluding hydrogens is 268 g/mol. The van der Waals surface area contributed by atoms with Gasteiger partial charge in [0.1, 0.15) is 0 Å². The van der Waals surface area contributed by atoms with Gasteiger partial charge in [0.2, 0.25) is 5.91 Å². The Balaban J connectivity index is 2.46. The quantitative estimate of drug-likeness (QED) is 0.591. The number of nitrogens with zero attached hydrogens (tertiary/aromatic N) is 2. The summed E-state index contributed by atoms with van der Waals surface area (Å²) in [6, 6.07) is 0. The summed E-state index contributed by atoms with van der Waals surface area (Å²) in [5.74, 6) is 0.321. The lowest BCUT2D eigenvalue weighted by atomic mass is 10.2. The monoisotopic (exact) mass is 294 g/mol. The molecule has 0 saturated carbocycles. The van der Waals surface area contributed by atoms with Crippen LogP contribution in [0.15, 0.2) is 24.3 Å². The summed E-state index contributed by atoms with van der Waals surface area (Å²) in [7, 11) is 0. The number of rotatable bonds is 4. The third kappa shape index (κ3) is 6.47. The van der Waals surface area contributed by atoms with Gasteiger partial charge in [0.05, 0.1) is 6.61 Å². The maximum atomic E-state index is 12.0. The van der Waals surface area contributed by atoms with E-state index in [0.29, 0.717) is 38.7 Å². The summed E-state index contributed by atoms with van der Waals surface area (Å²) < 4.78 is 5.23. The van der Waals surface area contributed by atoms with Gasteiger partial charge in [0, 0.05) is 32.3 Å². The maximum Gasteiger partial charge on any atom is 0.409 e. The predicted octanol–water partition coefficient (Wildman–Crippen LogP) is 2.45. The van der Waals surface area contributed by atoms with Crippen molar-refractivity contribution in [2.75, 3.05) is 32.8 Å². The maximum absolute atomic E-state index is 12.0. The zero-order valence-corrected chi connectivity index (χ0v) is 13.2. The fourth-order valence-electron chi connectivity index (χ4n) is 2.00. The first kappa shape index (κ1) is 17.3. The SMILES string of the molecule is C/C=C/C=C/C(=O)N1CCCN(C(=O)OCC(C)C)CC1. The molecule has 118 valence electrons. The first-order chi connectivity index (χ1) is 10.0. The highest BCUT2D eigenvalue weighted by Gasteiger charge is 2.21. The van der Waals surface area contributed by atoms with Crippen molar-refractivity contribution in [3.8, 4) is 0 Å². The molecule has 0 N–H and O–H groups in total. The molecule has 0 radical (unpaired) electrons. The van der Waals surface area contributed by atoms with Crippen LogP contribution in [-0.4, -0.2) is 54.6 Å². The van der Waals surface area contributed by atoms with Crippen LogP contribution in [0.3, 0.4) is 0 Å². The predicted molar refractivity (Wildman–Crippen MR) is 82.9 cm³/mol. The van der Waals surface area contributed by atoms with Crippen LogP contribution in [0, 0.1) is 5.92 Å². The molecule has 0 bridgehead atoms. The van der Waals surface area contributed by atoms with Crippen molar-refractivity contribution in [3.05, 3.63) is 24.3 Å². The van der Waals surface area contributed by atoms with Gasteiger partial charge in [-0.15, -0.1) is 0 Å². The lowest BCUT2D eigenvalue weighted by Crippen LogP contribution is -2.37. The third-order valence-corrected chi connectivity index (χ3v) is 3.15. The lowest BCUT2D eigenvalue weighted by Gasteiger charge is -2.21. The number of carbonyl (C=O) groups excluding carboxylic acids is 2. The smallest absolute Gasteiger partial charge is 0.409 e. The first-order valence-corrected chi connectivity index (χ1v) is 7.54. The molecule has 5 heteroatoms. The topological polar surface area (TPSA) is 49.9 Å². The van der Waals surface area contributed by atoms with E-state index in [1.54, 1.807) is 22.0 Å². The van der Waals surface area contributed by atoms with Gasteiger partial charge in [0.25, 0.3) is 0 Å². The summed E-state index contributed by atoms with van der Waals surface area (Å²) >= 11 is 0. The van der Waals surface area contributed by atoms with E-state index >= 15 is 0 Å². The molecule has 0 aromatic carbocycles. The van der Waals surface area contributed by atoms with E-state index in [1.807, 2.05) is 32.9 Å². The molecular formula is C16H26N2O3. The van der Waals surface area contributed by atoms with Crippen molar-refractivity contribution in [1.29, 1.82) is 0 Å². The summed E-state index contributed by atoms with van der Waals surface area (Å²) in [6.45, 7) is 8.74. The van der Waals surface area contributed by atoms with Crippen LogP contribution in [0.4, 0.5) is 4.79 Å². The minimum absolute atomic E-state index is 0.00880. The highest BCUT2D eigenvalue weighted by Crippen LogP contribution is 2.07. The van der Waals surface area contributed by atoms with Gasteiger partial charge in [-0.1, -0.05) is 32.1 Å². The van der Waals surface area contributed by atoms with Crippen LogP contribution in [0.2, 0.25) is 0 Å². The Hall–Kier alpha value is -1.78. The van der Waals surface area contributed by atoms with Crippen LogP contribution < -0.4 is 0 Å². The summed E-state index contributed by atoms with van der Waals surface area (Å²) in [4.78, 5) is 27.4. The fourth-order valence-corrected chi connectivity index (χ4v) is 2.00. The molecule has 1 aliphatic heterocycles. The van der Waals surface area contributed by atoms with E-state index in [1.165, 1.54) is 0 Å². The molecule has 1 aliphatic rings. The molecule has 0 unspecified atom stereocenters. The molecule has 1 rings (SSSR count). The number of hydrogen-bond acceptors (Lipinski definition) is 3. The Morgan fingerprint density at radius 2 is 1.76 bits per heavy atom. The molecule has 2 amide bonds. The van der Waals surface area contributed by atoms with Crippen LogP contribution in [0.25, 0.3) is 0 Å². The van der Waals surface area contributed by atoms with Crippen LogP contribution in [0.1, 0.15) is 27.2 Å². The van der Waals surface area contributed by atoms with Crippen molar-refractivity contribution in [2.45, 2.75) is 27.2 Å². The van der Waals surface area contributed by atoms with E-state index in [4.69, 9.17) is 4.74 Å². The zero-order valence-electron chi connectivity index (χ0n) is 13.2. The average molecular weight is 294 g/mol. The van der Waals surface area contributed by atoms with Gasteiger partial charge < -0.3 is 14.5 Å². The molecule has 0 aliphatic carbocycles. The Morgan fingerprint density at radius 1 is 1.10 bits per heavy atom. The van der Waals surface area contributed by atoms with Crippen LogP contribution in [0.5, 0.6) is 0 Å². The Bertz CT molecular complexity index is 402. The van der Waals surface area contributed by atoms with Crippen molar-refractivity contribution in [3.63, 3.8) is 0 Å². The molecule has 1 heterocycles. The molecule has 0 spiro atoms. The Labute approximate surface area is 127 Å². The number of amides is 2. The van der Waals surface area contributed by atoms with Gasteiger partial charge in [-0.25, -0.2) is 4.79 Å². The molecule has 1 fully saturated rings. The Kier molecular flexibility index (Phi) is 7.58. The second-order valence-electron chi connectivity index (χ2n) is 5.52. The van der Waals surface area contributed by atoms with Gasteiger partial charge >= 0.3 is 6.09 Å². The molecule has 1 saturated heterocycles. The highest BCUT2D eigenvalue weighted by molar-refractivity contribution is 5.87. The number of carbonyl (C=O) groups is 2. The summed E-state index contributed by atoms with van der Waals surface area (Å²) in [6.07, 6.45) is 7.50. The highest BCUT2D eigenvalue weighted by atomic mass is 16.6. The van der Waals surface area contributed by atoms with Gasteiger partial charge in [-0.2, -0.15) is 0 Å². The first-order valence-electron chi connectivity index (χ1n) is 7.54. The van der Waals surface area contributed by atoms with Crippen LogP contribution in [-0.2, 0) is 9.53 Å². The normalized spacial score (nSPS) is 16.8. The largest absolute Gasteiger partial charge is 0.449 e. The van der Waals surface area contributed by atoms with Crippen LogP contribution >= 0.6 is 0 Å². The number of allylic oxidation sites excluding steroid dienone is 3. The van der Waals surface area contributed by atoms with Gasteiger partial charge in [-0.3, -0.25) is 4.79 Å². The molecule has 0 aromatic rings. The van der Waals surface area contributed by atoms with Crippen molar-refractivity contribution < 1.29 is 14.3 Å². The lowest BCUT2D eigenvalue weighted by molar-refractivity contribution is -0.125. The molecule has 0 aromatic heterocycles. The second-order valence-corrected chi connectivity index (χ2v) is 5.52. The van der Waals surface area contributed by atoms with Crippen molar-refractivity contribution in [1.82, 2.24) is 9.80 Å². The third-order valence-electron chi connectivity index (χ3n) is 3.15. The van der Waals surface area contributed by atoms with E-state index in [-0.39, 0.29) is 12.0 Å². The fraction of sp³-hybridized carbons (Fsp3) is 0.625. The van der Waals surface area contributed by atoms with Gasteiger partial charge in [-0.05, 0) is 19.3 Å². The molecule has 5 nitrogen and oxygen atoms in total. The average Bonchev–Trinajstić information content (AvgIpc) is 2.70. The minimum Gasteiger partial charge on any atom is -0.449 e. The van der Waals surface area contributed by atoms with E-state index in [9.17, 15) is 9.59 Å². The number of hydrogen-bond donors (Lipinski definition) is 0. The Morgan fingerprint density at radius 3 is 2.43 bits per heavy atom. The standard InChI is InChI=1S/C16H26N2O3/c1-4-5-6-8-15(19)17-9-7-10-18(12-11-17)16(20)21-13-14(2)3/h4-6,8,14H,7,9-13H2,1-3H3/b5-4+,8-6+. The minimum atomic E-state index is -0.276. The van der Waals surface area contributed by atoms with E-state index in [0.717, 1.165) is 6.42 Å². The molecule has 21 heavy (non-hydrogen) atoms. The van der Waals surface area contributed by atoms with E-state index < -0.39 is 0 Å². The molecule has 0 atom stereocenters. The zero-order chi connectivity index (χ0) is 15.7. The van der Waals surface area contributed by atoms with E-state index in [2.05, 4.69) is 0 Å². The number of ether oxygens (including phenoxy) is 1. The second kappa shape index (κ2) is 9.21. The van der Waals surface area contributed by atoms with Crippen molar-refractivity contribution in [2.24, 2.45) is 5.92 Å². The summed E-state index contributed by atoms with van der Waals surface area (Å²) in [5.41, 5.74) is 0. The van der Waals surface area contributed by atoms with Crippen molar-refractivity contribution >= 4 is 12.0 Å².